The number of sulfone groups is 1. The van der Waals surface area contributed by atoms with E-state index in [0.717, 1.165) is 24.9 Å². The van der Waals surface area contributed by atoms with E-state index in [-0.39, 0.29) is 22.3 Å². The maximum atomic E-state index is 12.1. The molecule has 1 aromatic rings. The first-order valence-electron chi connectivity index (χ1n) is 5.65. The molecule has 0 spiro atoms. The molecule has 1 aromatic heterocycles. The van der Waals surface area contributed by atoms with Crippen LogP contribution in [-0.2, 0) is 9.84 Å². The third-order valence-corrected chi connectivity index (χ3v) is 6.48. The molecule has 0 unspecified atom stereocenters. The Hall–Kier alpha value is -0.530. The van der Waals surface area contributed by atoms with Crippen LogP contribution in [0.3, 0.4) is 0 Å². The monoisotopic (exact) mass is 305 g/mol. The maximum absolute atomic E-state index is 12.1. The number of nitrogens with two attached hydrogens (primary N) is 1. The van der Waals surface area contributed by atoms with E-state index in [2.05, 4.69) is 0 Å². The third-order valence-electron chi connectivity index (χ3n) is 2.69. The Morgan fingerprint density at radius 2 is 2.11 bits per heavy atom. The fourth-order valence-electron chi connectivity index (χ4n) is 1.70. The summed E-state index contributed by atoms with van der Waals surface area (Å²) >= 11 is 2.64. The van der Waals surface area contributed by atoms with Gasteiger partial charge in [-0.2, -0.15) is 0 Å². The number of hydrogen-bond acceptors (Lipinski definition) is 6. The highest BCUT2D eigenvalue weighted by atomic mass is 32.2. The molecular formula is C11H15NO3S3. The van der Waals surface area contributed by atoms with E-state index in [4.69, 9.17) is 5.73 Å². The first kappa shape index (κ1) is 13.9. The molecule has 1 fully saturated rings. The molecule has 1 aliphatic carbocycles. The minimum atomic E-state index is -3.39. The van der Waals surface area contributed by atoms with E-state index in [9.17, 15) is 13.2 Å². The summed E-state index contributed by atoms with van der Waals surface area (Å²) in [6.45, 7) is 1.94. The Morgan fingerprint density at radius 3 is 2.56 bits per heavy atom. The highest BCUT2D eigenvalue weighted by Gasteiger charge is 2.35. The van der Waals surface area contributed by atoms with Crippen molar-refractivity contribution in [2.75, 3.05) is 17.7 Å². The van der Waals surface area contributed by atoms with Gasteiger partial charge in [0.15, 0.2) is 15.6 Å². The van der Waals surface area contributed by atoms with Crippen molar-refractivity contribution in [3.8, 4) is 0 Å². The molecule has 4 nitrogen and oxygen atoms in total. The second-order valence-corrected chi connectivity index (χ2v) is 8.81. The van der Waals surface area contributed by atoms with Gasteiger partial charge in [0.1, 0.15) is 4.90 Å². The van der Waals surface area contributed by atoms with Crippen molar-refractivity contribution >= 4 is 44.4 Å². The highest BCUT2D eigenvalue weighted by molar-refractivity contribution is 8.02. The molecule has 0 bridgehead atoms. The van der Waals surface area contributed by atoms with Gasteiger partial charge in [0.2, 0.25) is 0 Å². The second kappa shape index (κ2) is 4.86. The van der Waals surface area contributed by atoms with Crippen LogP contribution < -0.4 is 5.73 Å². The van der Waals surface area contributed by atoms with Crippen molar-refractivity contribution < 1.29 is 13.2 Å². The second-order valence-electron chi connectivity index (χ2n) is 4.31. The molecule has 1 saturated carbocycles. The average molecular weight is 305 g/mol. The Kier molecular flexibility index (Phi) is 3.75. The van der Waals surface area contributed by atoms with Crippen molar-refractivity contribution in [3.63, 3.8) is 0 Å². The summed E-state index contributed by atoms with van der Waals surface area (Å²) < 4.78 is 24.2. The van der Waals surface area contributed by atoms with Crippen LogP contribution in [0.15, 0.2) is 9.10 Å². The zero-order valence-corrected chi connectivity index (χ0v) is 12.7. The Bertz CT molecular complexity index is 585. The van der Waals surface area contributed by atoms with E-state index in [1.165, 1.54) is 23.1 Å². The van der Waals surface area contributed by atoms with Crippen molar-refractivity contribution in [2.45, 2.75) is 28.9 Å². The number of nitrogen functional groups attached to an aromatic ring is 1. The number of carbonyl (C=O) groups excluding carboxylic acids is 1. The third kappa shape index (κ3) is 2.57. The van der Waals surface area contributed by atoms with Crippen LogP contribution >= 0.6 is 23.1 Å². The van der Waals surface area contributed by atoms with Crippen LogP contribution in [0.2, 0.25) is 0 Å². The minimum Gasteiger partial charge on any atom is -0.396 e. The molecule has 2 rings (SSSR count). The van der Waals surface area contributed by atoms with Crippen LogP contribution in [0.5, 0.6) is 0 Å². The average Bonchev–Trinajstić information content (AvgIpc) is 3.02. The first-order valence-corrected chi connectivity index (χ1v) is 9.35. The lowest BCUT2D eigenvalue weighted by Crippen LogP contribution is -2.05. The van der Waals surface area contributed by atoms with Gasteiger partial charge in [0.25, 0.3) is 0 Å². The molecule has 0 radical (unpaired) electrons. The van der Waals surface area contributed by atoms with Gasteiger partial charge >= 0.3 is 0 Å². The smallest absolute Gasteiger partial charge is 0.179 e. The molecule has 100 valence electrons. The molecule has 2 N–H and O–H groups in total. The van der Waals surface area contributed by atoms with E-state index in [1.54, 1.807) is 0 Å². The quantitative estimate of drug-likeness (QED) is 0.668. The lowest BCUT2D eigenvalue weighted by atomic mass is 10.2. The molecule has 0 aromatic carbocycles. The van der Waals surface area contributed by atoms with Crippen molar-refractivity contribution in [1.82, 2.24) is 0 Å². The number of thioether (sulfide) groups is 1. The van der Waals surface area contributed by atoms with Crippen molar-refractivity contribution in [3.05, 3.63) is 4.88 Å². The fourth-order valence-corrected chi connectivity index (χ4v) is 5.99. The summed E-state index contributed by atoms with van der Waals surface area (Å²) in [5, 5.41) is 0. The number of thiophene rings is 1. The van der Waals surface area contributed by atoms with Crippen LogP contribution in [-0.4, -0.2) is 26.2 Å². The van der Waals surface area contributed by atoms with Crippen molar-refractivity contribution in [2.24, 2.45) is 5.92 Å². The molecule has 0 aliphatic heterocycles. The largest absolute Gasteiger partial charge is 0.396 e. The van der Waals surface area contributed by atoms with Gasteiger partial charge in [-0.3, -0.25) is 4.79 Å². The topological polar surface area (TPSA) is 77.2 Å². The molecular weight excluding hydrogens is 290 g/mol. The number of carbonyl (C=O) groups is 1. The van der Waals surface area contributed by atoms with E-state index in [1.807, 2.05) is 6.92 Å². The van der Waals surface area contributed by atoms with E-state index in [0.29, 0.717) is 9.09 Å². The molecule has 0 amide bonds. The van der Waals surface area contributed by atoms with Gasteiger partial charge in [0, 0.05) is 12.2 Å². The number of ketones is 1. The lowest BCUT2D eigenvalue weighted by molar-refractivity contribution is 0.0972. The molecule has 0 atom stereocenters. The number of rotatable bonds is 5. The van der Waals surface area contributed by atoms with Gasteiger partial charge < -0.3 is 5.73 Å². The fraction of sp³-hybridized carbons (Fsp3) is 0.545. The van der Waals surface area contributed by atoms with Crippen molar-refractivity contribution in [1.29, 1.82) is 0 Å². The molecule has 18 heavy (non-hydrogen) atoms. The zero-order valence-electron chi connectivity index (χ0n) is 10.2. The molecule has 1 heterocycles. The first-order chi connectivity index (χ1) is 8.36. The Balaban J connectivity index is 2.53. The van der Waals surface area contributed by atoms with Gasteiger partial charge in [-0.05, 0) is 18.6 Å². The van der Waals surface area contributed by atoms with Gasteiger partial charge in [-0.1, -0.05) is 6.92 Å². The SMILES string of the molecule is CCSc1sc(C(=O)C2CC2)c(N)c1S(C)(=O)=O. The predicted octanol–water partition coefficient (Wildman–Crippen LogP) is 2.44. The van der Waals surface area contributed by atoms with Gasteiger partial charge in [0.05, 0.1) is 14.8 Å². The Labute approximate surface area is 115 Å². The number of Topliss-reactive ketones (excluding diaryl/α,β-unsaturated/α-hetero) is 1. The Morgan fingerprint density at radius 1 is 1.50 bits per heavy atom. The normalized spacial score (nSPS) is 15.9. The zero-order chi connectivity index (χ0) is 13.5. The summed E-state index contributed by atoms with van der Waals surface area (Å²) in [5.41, 5.74) is 6.03. The van der Waals surface area contributed by atoms with Crippen LogP contribution in [0.25, 0.3) is 0 Å². The molecule has 1 aliphatic rings. The van der Waals surface area contributed by atoms with Gasteiger partial charge in [-0.15, -0.1) is 23.1 Å². The van der Waals surface area contributed by atoms with Crippen LogP contribution in [0.1, 0.15) is 29.4 Å². The minimum absolute atomic E-state index is 0.00496. The molecule has 0 saturated heterocycles. The van der Waals surface area contributed by atoms with Crippen LogP contribution in [0, 0.1) is 5.92 Å². The van der Waals surface area contributed by atoms with Gasteiger partial charge in [-0.25, -0.2) is 8.42 Å². The maximum Gasteiger partial charge on any atom is 0.179 e. The summed E-state index contributed by atoms with van der Waals surface area (Å²) in [6.07, 6.45) is 2.91. The number of hydrogen-bond donors (Lipinski definition) is 1. The summed E-state index contributed by atoms with van der Waals surface area (Å²) in [7, 11) is -3.39. The number of anilines is 1. The van der Waals surface area contributed by atoms with E-state index < -0.39 is 9.84 Å². The molecule has 7 heteroatoms. The lowest BCUT2D eigenvalue weighted by Gasteiger charge is -2.01. The van der Waals surface area contributed by atoms with Crippen LogP contribution in [0.4, 0.5) is 5.69 Å². The summed E-state index contributed by atoms with van der Waals surface area (Å²) in [4.78, 5) is 12.6. The van der Waals surface area contributed by atoms with E-state index >= 15 is 0 Å². The summed E-state index contributed by atoms with van der Waals surface area (Å²) in [6, 6.07) is 0. The standard InChI is InChI=1S/C11H15NO3S3/c1-3-16-11-10(18(2,14)15)7(12)9(17-11)8(13)6-4-5-6/h6H,3-5,12H2,1-2H3. The summed E-state index contributed by atoms with van der Waals surface area (Å²) in [5.74, 6) is 0.808. The predicted molar refractivity (Wildman–Crippen MR) is 75.3 cm³/mol. The highest BCUT2D eigenvalue weighted by Crippen LogP contribution is 2.44.